The number of anilines is 2. The predicted octanol–water partition coefficient (Wildman–Crippen LogP) is 4.87. The number of likely N-dealkylation sites (N-methyl/N-ethyl adjacent to an activating group) is 1. The average molecular weight is 349 g/mol. The molecule has 3 rings (SSSR count). The first-order valence-electron chi connectivity index (χ1n) is 7.65. The largest absolute Gasteiger partial charge is 0.366 e. The highest BCUT2D eigenvalue weighted by atomic mass is 35.5. The van der Waals surface area contributed by atoms with Gasteiger partial charge in [-0.15, -0.1) is 0 Å². The molecule has 120 valence electrons. The van der Waals surface area contributed by atoms with Crippen LogP contribution in [0, 0.1) is 0 Å². The van der Waals surface area contributed by atoms with Crippen molar-refractivity contribution in [3.63, 3.8) is 0 Å². The molecule has 0 aromatic heterocycles. The van der Waals surface area contributed by atoms with Gasteiger partial charge in [0.15, 0.2) is 0 Å². The quantitative estimate of drug-likeness (QED) is 0.772. The normalized spacial score (nSPS) is 17.1. The summed E-state index contributed by atoms with van der Waals surface area (Å²) in [5.41, 5.74) is 2.51. The minimum Gasteiger partial charge on any atom is -0.366 e. The zero-order valence-corrected chi connectivity index (χ0v) is 14.6. The third kappa shape index (κ3) is 3.04. The lowest BCUT2D eigenvalue weighted by Gasteiger charge is -2.42. The zero-order chi connectivity index (χ0) is 16.6. The van der Waals surface area contributed by atoms with E-state index in [-0.39, 0.29) is 11.9 Å². The number of nitrogens with zero attached hydrogens (tertiary/aromatic N) is 2. The second kappa shape index (κ2) is 6.42. The molecule has 2 aromatic carbocycles. The molecule has 0 radical (unpaired) electrons. The number of amides is 1. The van der Waals surface area contributed by atoms with Crippen molar-refractivity contribution in [3.05, 3.63) is 58.1 Å². The van der Waals surface area contributed by atoms with Gasteiger partial charge in [-0.05, 0) is 44.2 Å². The summed E-state index contributed by atoms with van der Waals surface area (Å²) in [6, 6.07) is 13.2. The summed E-state index contributed by atoms with van der Waals surface area (Å²) in [5.74, 6) is -0.0792. The molecule has 0 saturated heterocycles. The summed E-state index contributed by atoms with van der Waals surface area (Å²) < 4.78 is 0. The molecule has 1 aliphatic rings. The van der Waals surface area contributed by atoms with E-state index in [1.807, 2.05) is 23.1 Å². The molecule has 0 spiro atoms. The fourth-order valence-corrected chi connectivity index (χ4v) is 3.67. The van der Waals surface area contributed by atoms with Crippen molar-refractivity contribution in [2.75, 3.05) is 22.9 Å². The van der Waals surface area contributed by atoms with E-state index in [2.05, 4.69) is 24.8 Å². The zero-order valence-electron chi connectivity index (χ0n) is 13.1. The SMILES string of the molecule is CCN1c2ccccc2N(C(=O)c2cc(Cl)cc(Cl)c2)CC1C. The molecule has 0 saturated carbocycles. The van der Waals surface area contributed by atoms with Crippen molar-refractivity contribution in [1.29, 1.82) is 0 Å². The smallest absolute Gasteiger partial charge is 0.258 e. The van der Waals surface area contributed by atoms with Crippen molar-refractivity contribution >= 4 is 40.5 Å². The maximum absolute atomic E-state index is 13.0. The molecule has 23 heavy (non-hydrogen) atoms. The predicted molar refractivity (Wildman–Crippen MR) is 97.1 cm³/mol. The number of halogens is 2. The van der Waals surface area contributed by atoms with Crippen LogP contribution in [0.1, 0.15) is 24.2 Å². The summed E-state index contributed by atoms with van der Waals surface area (Å²) >= 11 is 12.1. The minimum atomic E-state index is -0.0792. The number of benzene rings is 2. The maximum atomic E-state index is 13.0. The van der Waals surface area contributed by atoms with Gasteiger partial charge in [0.2, 0.25) is 0 Å². The third-order valence-corrected chi connectivity index (χ3v) is 4.59. The highest BCUT2D eigenvalue weighted by Crippen LogP contribution is 2.36. The molecule has 1 unspecified atom stereocenters. The van der Waals surface area contributed by atoms with E-state index in [1.165, 1.54) is 0 Å². The third-order valence-electron chi connectivity index (χ3n) is 4.16. The van der Waals surface area contributed by atoms with Crippen LogP contribution >= 0.6 is 23.2 Å². The van der Waals surface area contributed by atoms with Gasteiger partial charge in [-0.2, -0.15) is 0 Å². The Balaban J connectivity index is 2.04. The van der Waals surface area contributed by atoms with Gasteiger partial charge in [-0.25, -0.2) is 0 Å². The second-order valence-electron chi connectivity index (χ2n) is 5.70. The van der Waals surface area contributed by atoms with Gasteiger partial charge in [-0.1, -0.05) is 35.3 Å². The number of hydrogen-bond acceptors (Lipinski definition) is 2. The van der Waals surface area contributed by atoms with Gasteiger partial charge in [0, 0.05) is 34.7 Å². The Morgan fingerprint density at radius 3 is 2.35 bits per heavy atom. The number of rotatable bonds is 2. The molecule has 5 heteroatoms. The highest BCUT2D eigenvalue weighted by Gasteiger charge is 2.31. The van der Waals surface area contributed by atoms with Crippen LogP contribution in [0.4, 0.5) is 11.4 Å². The van der Waals surface area contributed by atoms with E-state index >= 15 is 0 Å². The van der Waals surface area contributed by atoms with Gasteiger partial charge in [-0.3, -0.25) is 4.79 Å². The molecule has 3 nitrogen and oxygen atoms in total. The summed E-state index contributed by atoms with van der Waals surface area (Å²) in [6.45, 7) is 5.79. The van der Waals surface area contributed by atoms with Crippen LogP contribution in [0.15, 0.2) is 42.5 Å². The van der Waals surface area contributed by atoms with Crippen molar-refractivity contribution in [2.45, 2.75) is 19.9 Å². The Morgan fingerprint density at radius 2 is 1.74 bits per heavy atom. The van der Waals surface area contributed by atoms with E-state index in [4.69, 9.17) is 23.2 Å². The van der Waals surface area contributed by atoms with Gasteiger partial charge < -0.3 is 9.80 Å². The van der Waals surface area contributed by atoms with E-state index in [1.54, 1.807) is 18.2 Å². The molecule has 1 atom stereocenters. The van der Waals surface area contributed by atoms with Crippen LogP contribution in [0.2, 0.25) is 10.0 Å². The summed E-state index contributed by atoms with van der Waals surface area (Å²) in [4.78, 5) is 17.1. The monoisotopic (exact) mass is 348 g/mol. The summed E-state index contributed by atoms with van der Waals surface area (Å²) in [6.07, 6.45) is 0. The molecule has 1 amide bonds. The van der Waals surface area contributed by atoms with Crippen LogP contribution in [0.25, 0.3) is 0 Å². The first kappa shape index (κ1) is 16.2. The van der Waals surface area contributed by atoms with E-state index in [0.29, 0.717) is 22.2 Å². The minimum absolute atomic E-state index is 0.0792. The Kier molecular flexibility index (Phi) is 4.51. The second-order valence-corrected chi connectivity index (χ2v) is 6.57. The van der Waals surface area contributed by atoms with Gasteiger partial charge >= 0.3 is 0 Å². The molecule has 0 aliphatic carbocycles. The average Bonchev–Trinajstić information content (AvgIpc) is 2.52. The molecular weight excluding hydrogens is 331 g/mol. The molecule has 0 fully saturated rings. The van der Waals surface area contributed by atoms with Crippen LogP contribution in [-0.2, 0) is 0 Å². The Hall–Kier alpha value is -1.71. The Morgan fingerprint density at radius 1 is 1.13 bits per heavy atom. The summed E-state index contributed by atoms with van der Waals surface area (Å²) in [7, 11) is 0. The van der Waals surface area contributed by atoms with E-state index < -0.39 is 0 Å². The lowest BCUT2D eigenvalue weighted by atomic mass is 10.1. The standard InChI is InChI=1S/C18H18Cl2N2O/c1-3-21-12(2)11-22(17-7-5-4-6-16(17)21)18(23)13-8-14(19)10-15(20)9-13/h4-10,12H,3,11H2,1-2H3. The van der Waals surface area contributed by atoms with Crippen LogP contribution < -0.4 is 9.80 Å². The number of para-hydroxylation sites is 2. The highest BCUT2D eigenvalue weighted by molar-refractivity contribution is 6.35. The van der Waals surface area contributed by atoms with Crippen LogP contribution in [0.3, 0.4) is 0 Å². The molecule has 0 bridgehead atoms. The lowest BCUT2D eigenvalue weighted by Crippen LogP contribution is -2.49. The number of fused-ring (bicyclic) bond motifs is 1. The fraction of sp³-hybridized carbons (Fsp3) is 0.278. The van der Waals surface area contributed by atoms with Gasteiger partial charge in [0.25, 0.3) is 5.91 Å². The first-order chi connectivity index (χ1) is 11.0. The Bertz CT molecular complexity index is 727. The molecule has 0 N–H and O–H groups in total. The first-order valence-corrected chi connectivity index (χ1v) is 8.40. The van der Waals surface area contributed by atoms with Crippen LogP contribution in [0.5, 0.6) is 0 Å². The van der Waals surface area contributed by atoms with Crippen molar-refractivity contribution < 1.29 is 4.79 Å². The number of carbonyl (C=O) groups excluding carboxylic acids is 1. The number of hydrogen-bond donors (Lipinski definition) is 0. The van der Waals surface area contributed by atoms with Gasteiger partial charge in [0.1, 0.15) is 0 Å². The van der Waals surface area contributed by atoms with Crippen molar-refractivity contribution in [1.82, 2.24) is 0 Å². The van der Waals surface area contributed by atoms with Crippen molar-refractivity contribution in [2.24, 2.45) is 0 Å². The topological polar surface area (TPSA) is 23.6 Å². The molecule has 1 aliphatic heterocycles. The van der Waals surface area contributed by atoms with Crippen LogP contribution in [-0.4, -0.2) is 25.0 Å². The van der Waals surface area contributed by atoms with E-state index in [9.17, 15) is 4.79 Å². The molecule has 1 heterocycles. The number of carbonyl (C=O) groups is 1. The molecule has 2 aromatic rings. The van der Waals surface area contributed by atoms with Gasteiger partial charge in [0.05, 0.1) is 11.4 Å². The van der Waals surface area contributed by atoms with Crippen molar-refractivity contribution in [3.8, 4) is 0 Å². The summed E-state index contributed by atoms with van der Waals surface area (Å²) in [5, 5.41) is 0.934. The van der Waals surface area contributed by atoms with E-state index in [0.717, 1.165) is 17.9 Å². The maximum Gasteiger partial charge on any atom is 0.258 e. The lowest BCUT2D eigenvalue weighted by molar-refractivity contribution is 0.0984. The fourth-order valence-electron chi connectivity index (χ4n) is 3.14. The Labute approximate surface area is 146 Å². The molecular formula is C18H18Cl2N2O.